The molecule has 0 radical (unpaired) electrons. The van der Waals surface area contributed by atoms with Crippen LogP contribution >= 0.6 is 11.8 Å². The summed E-state index contributed by atoms with van der Waals surface area (Å²) in [6.07, 6.45) is 0. The largest absolute Gasteiger partial charge is 0.497 e. The first-order valence-corrected chi connectivity index (χ1v) is 9.22. The lowest BCUT2D eigenvalue weighted by Crippen LogP contribution is -2.33. The van der Waals surface area contributed by atoms with Crippen molar-refractivity contribution in [3.05, 3.63) is 64.2 Å². The normalized spacial score (nSPS) is 21.5. The lowest BCUT2D eigenvalue weighted by molar-refractivity contribution is -0.384. The van der Waals surface area contributed by atoms with E-state index in [2.05, 4.69) is 0 Å². The number of urea groups is 1. The van der Waals surface area contributed by atoms with Crippen molar-refractivity contribution in [1.82, 2.24) is 4.90 Å². The minimum atomic E-state index is -0.585. The lowest BCUT2D eigenvalue weighted by atomic mass is 10.1. The second-order valence-electron chi connectivity index (χ2n) is 6.12. The monoisotopic (exact) mass is 385 g/mol. The maximum Gasteiger partial charge on any atom is 0.333 e. The van der Waals surface area contributed by atoms with Crippen molar-refractivity contribution in [3.63, 3.8) is 0 Å². The van der Waals surface area contributed by atoms with E-state index in [0.717, 1.165) is 4.90 Å². The summed E-state index contributed by atoms with van der Waals surface area (Å²) in [6.45, 7) is 0. The van der Waals surface area contributed by atoms with E-state index in [-0.39, 0.29) is 11.6 Å². The van der Waals surface area contributed by atoms with Gasteiger partial charge in [0.05, 0.1) is 17.7 Å². The molecule has 8 nitrogen and oxygen atoms in total. The van der Waals surface area contributed by atoms with Crippen LogP contribution in [0.3, 0.4) is 0 Å². The Balaban J connectivity index is 1.68. The smallest absolute Gasteiger partial charge is 0.333 e. The number of anilines is 1. The third-order valence-corrected chi connectivity index (χ3v) is 5.92. The number of carbonyl (C=O) groups is 2. The maximum absolute atomic E-state index is 13.0. The number of nitrogens with zero attached hydrogens (tertiary/aromatic N) is 3. The third-order valence-electron chi connectivity index (χ3n) is 4.60. The number of rotatable bonds is 4. The number of imide groups is 1. The van der Waals surface area contributed by atoms with Crippen molar-refractivity contribution in [2.24, 2.45) is 0 Å². The molecule has 2 aromatic rings. The standard InChI is InChI=1S/C18H15N3O5S/c1-26-14-7-3-5-12(9-14)19-16(22)15-10-27-17(20(15)18(19)23)11-4-2-6-13(8-11)21(24)25/h2-9,15,17H,10H2,1H3/t15-,17+/m1/s1. The molecule has 2 aliphatic heterocycles. The molecular formula is C18H15N3O5S. The Morgan fingerprint density at radius 1 is 1.19 bits per heavy atom. The van der Waals surface area contributed by atoms with Crippen molar-refractivity contribution in [3.8, 4) is 5.75 Å². The van der Waals surface area contributed by atoms with E-state index in [9.17, 15) is 19.7 Å². The second-order valence-corrected chi connectivity index (χ2v) is 7.23. The molecule has 9 heteroatoms. The number of ether oxygens (including phenoxy) is 1. The number of hydrogen-bond donors (Lipinski definition) is 0. The van der Waals surface area contributed by atoms with E-state index >= 15 is 0 Å². The Kier molecular flexibility index (Phi) is 4.23. The zero-order valence-electron chi connectivity index (χ0n) is 14.3. The molecule has 0 spiro atoms. The zero-order chi connectivity index (χ0) is 19.1. The molecule has 3 amide bonds. The Hall–Kier alpha value is -3.07. The van der Waals surface area contributed by atoms with E-state index in [1.807, 2.05) is 0 Å². The van der Waals surface area contributed by atoms with E-state index < -0.39 is 22.4 Å². The fourth-order valence-electron chi connectivity index (χ4n) is 3.33. The molecule has 2 aromatic carbocycles. The molecule has 4 rings (SSSR count). The Bertz CT molecular complexity index is 950. The summed E-state index contributed by atoms with van der Waals surface area (Å²) < 4.78 is 5.17. The van der Waals surface area contributed by atoms with Crippen LogP contribution in [0.1, 0.15) is 10.9 Å². The van der Waals surface area contributed by atoms with Gasteiger partial charge in [0.25, 0.3) is 11.6 Å². The average Bonchev–Trinajstić information content (AvgIpc) is 3.22. The summed E-state index contributed by atoms with van der Waals surface area (Å²) in [5.74, 6) is 0.691. The molecule has 0 aliphatic carbocycles. The molecule has 0 N–H and O–H groups in total. The number of hydrogen-bond acceptors (Lipinski definition) is 6. The van der Waals surface area contributed by atoms with Gasteiger partial charge in [-0.3, -0.25) is 19.8 Å². The molecule has 2 fully saturated rings. The first-order valence-electron chi connectivity index (χ1n) is 8.17. The highest BCUT2D eigenvalue weighted by Crippen LogP contribution is 2.46. The van der Waals surface area contributed by atoms with Crippen molar-refractivity contribution in [2.75, 3.05) is 17.8 Å². The molecule has 0 aromatic heterocycles. The summed E-state index contributed by atoms with van der Waals surface area (Å²) >= 11 is 1.43. The quantitative estimate of drug-likeness (QED) is 0.456. The lowest BCUT2D eigenvalue weighted by Gasteiger charge is -2.23. The van der Waals surface area contributed by atoms with Crippen LogP contribution < -0.4 is 9.64 Å². The highest BCUT2D eigenvalue weighted by atomic mass is 32.2. The van der Waals surface area contributed by atoms with E-state index in [4.69, 9.17) is 4.74 Å². The van der Waals surface area contributed by atoms with Crippen LogP contribution in [0.25, 0.3) is 0 Å². The summed E-state index contributed by atoms with van der Waals surface area (Å²) in [7, 11) is 1.51. The van der Waals surface area contributed by atoms with Crippen LogP contribution in [-0.4, -0.2) is 40.7 Å². The van der Waals surface area contributed by atoms with Crippen molar-refractivity contribution in [1.29, 1.82) is 0 Å². The number of thioether (sulfide) groups is 1. The predicted molar refractivity (Wildman–Crippen MR) is 99.8 cm³/mol. The highest BCUT2D eigenvalue weighted by molar-refractivity contribution is 7.99. The predicted octanol–water partition coefficient (Wildman–Crippen LogP) is 3.19. The maximum atomic E-state index is 13.0. The van der Waals surface area contributed by atoms with Gasteiger partial charge in [0, 0.05) is 24.0 Å². The molecular weight excluding hydrogens is 370 g/mol. The molecule has 2 heterocycles. The fraction of sp³-hybridized carbons (Fsp3) is 0.222. The van der Waals surface area contributed by atoms with Gasteiger partial charge in [0.2, 0.25) is 0 Å². The van der Waals surface area contributed by atoms with Crippen molar-refractivity contribution < 1.29 is 19.2 Å². The summed E-state index contributed by atoms with van der Waals surface area (Å²) in [5, 5.41) is 10.6. The summed E-state index contributed by atoms with van der Waals surface area (Å²) in [6, 6.07) is 11.9. The van der Waals surface area contributed by atoms with Gasteiger partial charge < -0.3 is 4.74 Å². The topological polar surface area (TPSA) is 93.0 Å². The molecule has 27 heavy (non-hydrogen) atoms. The number of benzene rings is 2. The molecule has 2 atom stereocenters. The number of carbonyl (C=O) groups excluding carboxylic acids is 2. The molecule has 0 saturated carbocycles. The van der Waals surface area contributed by atoms with E-state index in [1.54, 1.807) is 36.4 Å². The first kappa shape index (κ1) is 17.3. The summed E-state index contributed by atoms with van der Waals surface area (Å²) in [4.78, 5) is 39.1. The number of methoxy groups -OCH3 is 1. The Labute approximate surface area is 158 Å². The van der Waals surface area contributed by atoms with Gasteiger partial charge >= 0.3 is 6.03 Å². The highest BCUT2D eigenvalue weighted by Gasteiger charge is 2.53. The molecule has 2 aliphatic rings. The van der Waals surface area contributed by atoms with Gasteiger partial charge in [0.1, 0.15) is 17.2 Å². The van der Waals surface area contributed by atoms with E-state index in [0.29, 0.717) is 22.8 Å². The molecule has 2 saturated heterocycles. The average molecular weight is 385 g/mol. The Morgan fingerprint density at radius 2 is 1.96 bits per heavy atom. The van der Waals surface area contributed by atoms with Gasteiger partial charge in [-0.05, 0) is 17.7 Å². The fourth-order valence-corrected chi connectivity index (χ4v) is 4.73. The minimum absolute atomic E-state index is 0.0424. The van der Waals surface area contributed by atoms with E-state index in [1.165, 1.54) is 35.9 Å². The number of nitro groups is 1. The van der Waals surface area contributed by atoms with Crippen LogP contribution in [0.4, 0.5) is 16.2 Å². The number of fused-ring (bicyclic) bond motifs is 1. The number of non-ortho nitro benzene ring substituents is 1. The van der Waals surface area contributed by atoms with Crippen LogP contribution in [0.5, 0.6) is 5.75 Å². The van der Waals surface area contributed by atoms with Crippen LogP contribution in [-0.2, 0) is 4.79 Å². The summed E-state index contributed by atoms with van der Waals surface area (Å²) in [5.41, 5.74) is 1.03. The van der Waals surface area contributed by atoms with Gasteiger partial charge in [0.15, 0.2) is 0 Å². The molecule has 0 unspecified atom stereocenters. The van der Waals surface area contributed by atoms with Crippen LogP contribution in [0.15, 0.2) is 48.5 Å². The SMILES string of the molecule is COc1cccc(N2C(=O)[C@H]3CS[C@@H](c4cccc([N+](=O)[O-])c4)N3C2=O)c1. The third kappa shape index (κ3) is 2.80. The van der Waals surface area contributed by atoms with Gasteiger partial charge in [-0.15, -0.1) is 11.8 Å². The number of nitro benzene ring substituents is 1. The van der Waals surface area contributed by atoms with Crippen molar-refractivity contribution >= 4 is 35.1 Å². The van der Waals surface area contributed by atoms with Crippen LogP contribution in [0, 0.1) is 10.1 Å². The first-order chi connectivity index (χ1) is 13.0. The van der Waals surface area contributed by atoms with Crippen molar-refractivity contribution in [2.45, 2.75) is 11.4 Å². The molecule has 138 valence electrons. The van der Waals surface area contributed by atoms with Crippen LogP contribution in [0.2, 0.25) is 0 Å². The second kappa shape index (κ2) is 6.58. The molecule has 0 bridgehead atoms. The van der Waals surface area contributed by atoms with Gasteiger partial charge in [-0.2, -0.15) is 0 Å². The van der Waals surface area contributed by atoms with Gasteiger partial charge in [-0.25, -0.2) is 9.69 Å². The zero-order valence-corrected chi connectivity index (χ0v) is 15.1. The Morgan fingerprint density at radius 3 is 2.70 bits per heavy atom. The minimum Gasteiger partial charge on any atom is -0.497 e. The van der Waals surface area contributed by atoms with Gasteiger partial charge in [-0.1, -0.05) is 18.2 Å². The number of amides is 3.